The van der Waals surface area contributed by atoms with Crippen LogP contribution in [0.2, 0.25) is 0 Å². The maximum absolute atomic E-state index is 12.0. The summed E-state index contributed by atoms with van der Waals surface area (Å²) in [6.07, 6.45) is 0. The number of fused-ring (bicyclic) bond motifs is 1. The Hall–Kier alpha value is -4.06. The summed E-state index contributed by atoms with van der Waals surface area (Å²) in [5.74, 6) is -0.672. The van der Waals surface area contributed by atoms with Crippen molar-refractivity contribution in [2.45, 2.75) is 20.8 Å². The van der Waals surface area contributed by atoms with E-state index in [4.69, 9.17) is 20.6 Å². The molecule has 4 aromatic rings. The van der Waals surface area contributed by atoms with Gasteiger partial charge in [0.25, 0.3) is 5.91 Å². The molecule has 3 aromatic carbocycles. The number of primary amides is 1. The molecule has 0 aliphatic heterocycles. The molecule has 1 amide bonds. The molecule has 6 nitrogen and oxygen atoms in total. The standard InChI is InChI=1S/C19H17NO4.C7H9N/c1-10-6-4-5-7-12(10)13-8-9-14(23-3)18-15(13)16(19(20)22)17(24-18)11(2)21;1-6-4-2-3-5-7(6)8/h4-9H,1-3H3,(H2,20,22);2-5H,8H2,1H3. The Morgan fingerprint density at radius 1 is 0.875 bits per heavy atom. The van der Waals surface area contributed by atoms with Crippen LogP contribution in [0.1, 0.15) is 39.0 Å². The second-order valence-electron chi connectivity index (χ2n) is 7.42. The molecule has 0 unspecified atom stereocenters. The summed E-state index contributed by atoms with van der Waals surface area (Å²) in [4.78, 5) is 24.0. The van der Waals surface area contributed by atoms with E-state index in [9.17, 15) is 9.59 Å². The molecule has 0 aliphatic carbocycles. The lowest BCUT2D eigenvalue weighted by molar-refractivity contribution is 0.0958. The van der Waals surface area contributed by atoms with Gasteiger partial charge in [0.15, 0.2) is 22.9 Å². The number of para-hydroxylation sites is 1. The van der Waals surface area contributed by atoms with Crippen LogP contribution >= 0.6 is 0 Å². The minimum absolute atomic E-state index is 0.0446. The van der Waals surface area contributed by atoms with Crippen molar-refractivity contribution in [3.63, 3.8) is 0 Å². The molecule has 0 spiro atoms. The van der Waals surface area contributed by atoms with E-state index >= 15 is 0 Å². The van der Waals surface area contributed by atoms with Crippen LogP contribution in [0.3, 0.4) is 0 Å². The van der Waals surface area contributed by atoms with Gasteiger partial charge in [0.05, 0.1) is 12.7 Å². The highest BCUT2D eigenvalue weighted by Gasteiger charge is 2.26. The number of benzene rings is 3. The molecule has 0 radical (unpaired) electrons. The zero-order valence-corrected chi connectivity index (χ0v) is 18.6. The normalized spacial score (nSPS) is 10.4. The van der Waals surface area contributed by atoms with Gasteiger partial charge in [-0.05, 0) is 54.3 Å². The van der Waals surface area contributed by atoms with Crippen LogP contribution in [0, 0.1) is 13.8 Å². The number of ketones is 1. The van der Waals surface area contributed by atoms with Crippen molar-refractivity contribution in [2.75, 3.05) is 12.8 Å². The fourth-order valence-corrected chi connectivity index (χ4v) is 3.51. The molecule has 4 N–H and O–H groups in total. The van der Waals surface area contributed by atoms with Crippen molar-refractivity contribution in [1.29, 1.82) is 0 Å². The number of aryl methyl sites for hydroxylation is 2. The lowest BCUT2D eigenvalue weighted by atomic mass is 9.94. The maximum atomic E-state index is 12.0. The van der Waals surface area contributed by atoms with Crippen LogP contribution in [0.4, 0.5) is 5.69 Å². The van der Waals surface area contributed by atoms with E-state index in [-0.39, 0.29) is 17.1 Å². The van der Waals surface area contributed by atoms with E-state index in [0.717, 1.165) is 27.9 Å². The largest absolute Gasteiger partial charge is 0.493 e. The molecule has 0 bridgehead atoms. The van der Waals surface area contributed by atoms with Crippen molar-refractivity contribution in [2.24, 2.45) is 5.73 Å². The Labute approximate surface area is 186 Å². The van der Waals surface area contributed by atoms with Gasteiger partial charge in [-0.2, -0.15) is 0 Å². The van der Waals surface area contributed by atoms with Crippen LogP contribution in [0.15, 0.2) is 65.1 Å². The van der Waals surface area contributed by atoms with E-state index in [1.54, 1.807) is 6.07 Å². The first kappa shape index (κ1) is 22.6. The number of nitrogen functional groups attached to an aromatic ring is 1. The Morgan fingerprint density at radius 2 is 1.50 bits per heavy atom. The first-order chi connectivity index (χ1) is 15.3. The number of furan rings is 1. The topological polar surface area (TPSA) is 109 Å². The molecule has 0 atom stereocenters. The van der Waals surface area contributed by atoms with Gasteiger partial charge in [-0.15, -0.1) is 0 Å². The van der Waals surface area contributed by atoms with E-state index in [2.05, 4.69) is 0 Å². The lowest BCUT2D eigenvalue weighted by Gasteiger charge is -2.10. The smallest absolute Gasteiger partial charge is 0.253 e. The number of ether oxygens (including phenoxy) is 1. The van der Waals surface area contributed by atoms with Gasteiger partial charge in [0.1, 0.15) is 0 Å². The van der Waals surface area contributed by atoms with Gasteiger partial charge in [-0.1, -0.05) is 42.5 Å². The Kier molecular flexibility index (Phi) is 6.64. The van der Waals surface area contributed by atoms with Crippen LogP contribution in [-0.2, 0) is 0 Å². The third-order valence-corrected chi connectivity index (χ3v) is 5.21. The number of Topliss-reactive ketones (excluding diaryl/α,β-unsaturated/α-hetero) is 1. The quantitative estimate of drug-likeness (QED) is 0.337. The third-order valence-electron chi connectivity index (χ3n) is 5.21. The average molecular weight is 431 g/mol. The fraction of sp³-hybridized carbons (Fsp3) is 0.154. The molecule has 4 rings (SSSR count). The van der Waals surface area contributed by atoms with Crippen LogP contribution in [0.25, 0.3) is 22.1 Å². The number of methoxy groups -OCH3 is 1. The van der Waals surface area contributed by atoms with E-state index in [0.29, 0.717) is 16.7 Å². The zero-order valence-electron chi connectivity index (χ0n) is 18.6. The Bertz CT molecular complexity index is 1280. The molecular formula is C26H26N2O4. The predicted octanol–water partition coefficient (Wildman–Crippen LogP) is 5.30. The van der Waals surface area contributed by atoms with Crippen molar-refractivity contribution >= 4 is 28.3 Å². The highest BCUT2D eigenvalue weighted by atomic mass is 16.5. The minimum atomic E-state index is -0.706. The van der Waals surface area contributed by atoms with Crippen molar-refractivity contribution in [1.82, 2.24) is 0 Å². The average Bonchev–Trinajstić information content (AvgIpc) is 3.18. The molecule has 1 aromatic heterocycles. The van der Waals surface area contributed by atoms with E-state index in [1.165, 1.54) is 14.0 Å². The predicted molar refractivity (Wildman–Crippen MR) is 127 cm³/mol. The number of hydrogen-bond donors (Lipinski definition) is 2. The summed E-state index contributed by atoms with van der Waals surface area (Å²) in [7, 11) is 1.50. The summed E-state index contributed by atoms with van der Waals surface area (Å²) < 4.78 is 11.0. The van der Waals surface area contributed by atoms with Crippen LogP contribution < -0.4 is 16.2 Å². The van der Waals surface area contributed by atoms with Gasteiger partial charge in [-0.25, -0.2) is 0 Å². The van der Waals surface area contributed by atoms with Gasteiger partial charge in [0.2, 0.25) is 0 Å². The van der Waals surface area contributed by atoms with Gasteiger partial charge in [0, 0.05) is 18.0 Å². The second kappa shape index (κ2) is 9.39. The number of anilines is 1. The summed E-state index contributed by atoms with van der Waals surface area (Å²) >= 11 is 0. The molecule has 0 fully saturated rings. The van der Waals surface area contributed by atoms with Crippen molar-refractivity contribution in [3.05, 3.63) is 83.1 Å². The molecule has 6 heteroatoms. The third kappa shape index (κ3) is 4.34. The molecule has 164 valence electrons. The Morgan fingerprint density at radius 3 is 2.00 bits per heavy atom. The number of amides is 1. The first-order valence-electron chi connectivity index (χ1n) is 10.1. The van der Waals surface area contributed by atoms with Crippen molar-refractivity contribution in [3.8, 4) is 16.9 Å². The Balaban J connectivity index is 0.000000305. The highest BCUT2D eigenvalue weighted by Crippen LogP contribution is 2.40. The molecule has 0 aliphatic rings. The van der Waals surface area contributed by atoms with Gasteiger partial charge >= 0.3 is 0 Å². The summed E-state index contributed by atoms with van der Waals surface area (Å²) in [6, 6.07) is 19.2. The summed E-state index contributed by atoms with van der Waals surface area (Å²) in [5, 5.41) is 0.501. The number of carbonyl (C=O) groups excluding carboxylic acids is 2. The number of carbonyl (C=O) groups is 2. The molecule has 32 heavy (non-hydrogen) atoms. The minimum Gasteiger partial charge on any atom is -0.493 e. The van der Waals surface area contributed by atoms with Gasteiger partial charge in [-0.3, -0.25) is 9.59 Å². The SMILES string of the molecule is COc1ccc(-c2ccccc2C)c2c(C(N)=O)c(C(C)=O)oc12.Cc1ccccc1N. The van der Waals surface area contributed by atoms with E-state index in [1.807, 2.05) is 68.4 Å². The lowest BCUT2D eigenvalue weighted by Crippen LogP contribution is -2.14. The van der Waals surface area contributed by atoms with E-state index < -0.39 is 5.91 Å². The molecule has 0 saturated carbocycles. The molecule has 0 saturated heterocycles. The maximum Gasteiger partial charge on any atom is 0.253 e. The number of hydrogen-bond acceptors (Lipinski definition) is 5. The van der Waals surface area contributed by atoms with Crippen LogP contribution in [-0.4, -0.2) is 18.8 Å². The van der Waals surface area contributed by atoms with Gasteiger partial charge < -0.3 is 20.6 Å². The molecule has 1 heterocycles. The number of rotatable bonds is 4. The summed E-state index contributed by atoms with van der Waals surface area (Å²) in [5.41, 5.74) is 16.3. The summed E-state index contributed by atoms with van der Waals surface area (Å²) in [6.45, 7) is 5.31. The highest BCUT2D eigenvalue weighted by molar-refractivity contribution is 6.18. The monoisotopic (exact) mass is 430 g/mol. The zero-order chi connectivity index (χ0) is 23.4. The first-order valence-corrected chi connectivity index (χ1v) is 10.1. The number of nitrogens with two attached hydrogens (primary N) is 2. The fourth-order valence-electron chi connectivity index (χ4n) is 3.51. The van der Waals surface area contributed by atoms with Crippen molar-refractivity contribution < 1.29 is 18.7 Å². The second-order valence-corrected chi connectivity index (χ2v) is 7.42. The molecular weight excluding hydrogens is 404 g/mol. The van der Waals surface area contributed by atoms with Crippen LogP contribution in [0.5, 0.6) is 5.75 Å².